The van der Waals surface area contributed by atoms with Crippen molar-refractivity contribution < 1.29 is 17.2 Å². The fourth-order valence-corrected chi connectivity index (χ4v) is 3.71. The van der Waals surface area contributed by atoms with Gasteiger partial charge in [0.1, 0.15) is 22.0 Å². The lowest BCUT2D eigenvalue weighted by molar-refractivity contribution is 0.576. The van der Waals surface area contributed by atoms with E-state index in [1.54, 1.807) is 6.92 Å². The van der Waals surface area contributed by atoms with Crippen LogP contribution in [0.2, 0.25) is 5.02 Å². The first-order chi connectivity index (χ1) is 11.3. The van der Waals surface area contributed by atoms with Crippen LogP contribution in [0.25, 0.3) is 11.0 Å². The van der Waals surface area contributed by atoms with E-state index in [0.717, 1.165) is 6.07 Å². The fraction of sp³-hybridized carbons (Fsp3) is 0.133. The van der Waals surface area contributed by atoms with Gasteiger partial charge in [-0.1, -0.05) is 24.6 Å². The third-order valence-corrected chi connectivity index (χ3v) is 5.13. The zero-order chi connectivity index (χ0) is 17.5. The van der Waals surface area contributed by atoms with E-state index in [-0.39, 0.29) is 20.9 Å². The molecule has 24 heavy (non-hydrogen) atoms. The zero-order valence-corrected chi connectivity index (χ0v) is 14.0. The summed E-state index contributed by atoms with van der Waals surface area (Å²) in [5, 5.41) is 0.464. The molecule has 9 heteroatoms. The first kappa shape index (κ1) is 16.7. The molecular weight excluding hydrogens is 360 g/mol. The van der Waals surface area contributed by atoms with E-state index in [1.807, 2.05) is 4.72 Å². The largest absolute Gasteiger partial charge is 0.345 e. The lowest BCUT2D eigenvalue weighted by Crippen LogP contribution is -2.15. The number of aromatic nitrogens is 2. The van der Waals surface area contributed by atoms with Gasteiger partial charge in [0.05, 0.1) is 5.02 Å². The molecule has 3 aromatic rings. The van der Waals surface area contributed by atoms with Gasteiger partial charge >= 0.3 is 0 Å². The molecular formula is C15H12ClF2N3O2S. The van der Waals surface area contributed by atoms with Crippen molar-refractivity contribution in [2.24, 2.45) is 0 Å². The van der Waals surface area contributed by atoms with Gasteiger partial charge in [-0.25, -0.2) is 22.2 Å². The van der Waals surface area contributed by atoms with Crippen LogP contribution in [0.15, 0.2) is 35.5 Å². The van der Waals surface area contributed by atoms with Crippen molar-refractivity contribution in [1.82, 2.24) is 9.97 Å². The third kappa shape index (κ3) is 2.83. The monoisotopic (exact) mass is 371 g/mol. The van der Waals surface area contributed by atoms with Crippen molar-refractivity contribution >= 4 is 38.3 Å². The van der Waals surface area contributed by atoms with Gasteiger partial charge < -0.3 is 4.98 Å². The maximum atomic E-state index is 14.3. The number of anilines is 1. The summed E-state index contributed by atoms with van der Waals surface area (Å²) in [6.45, 7) is 1.68. The highest BCUT2D eigenvalue weighted by Crippen LogP contribution is 2.29. The van der Waals surface area contributed by atoms with Crippen LogP contribution in [-0.4, -0.2) is 18.4 Å². The molecule has 0 fully saturated rings. The Morgan fingerprint density at radius 2 is 2.08 bits per heavy atom. The normalized spacial score (nSPS) is 11.8. The molecule has 0 aliphatic carbocycles. The molecule has 2 heterocycles. The topological polar surface area (TPSA) is 74.8 Å². The number of benzene rings is 1. The molecule has 3 rings (SSSR count). The predicted molar refractivity (Wildman–Crippen MR) is 87.6 cm³/mol. The first-order valence-corrected chi connectivity index (χ1v) is 8.82. The SMILES string of the molecule is CCc1ccc(F)c(NS(=O)(=O)c2c[nH]c3ncc(Cl)cc23)c1F. The Hall–Kier alpha value is -2.19. The smallest absolute Gasteiger partial charge is 0.264 e. The summed E-state index contributed by atoms with van der Waals surface area (Å²) in [6, 6.07) is 3.70. The van der Waals surface area contributed by atoms with Crippen LogP contribution in [0.1, 0.15) is 12.5 Å². The Kier molecular flexibility index (Phi) is 4.18. The number of halogens is 3. The molecule has 0 bridgehead atoms. The van der Waals surface area contributed by atoms with Gasteiger partial charge in [0.25, 0.3) is 10.0 Å². The number of aryl methyl sites for hydroxylation is 1. The Labute approximate surface area is 141 Å². The van der Waals surface area contributed by atoms with Crippen LogP contribution in [0.3, 0.4) is 0 Å². The number of fused-ring (bicyclic) bond motifs is 1. The zero-order valence-electron chi connectivity index (χ0n) is 12.4. The summed E-state index contributed by atoms with van der Waals surface area (Å²) < 4.78 is 55.3. The highest BCUT2D eigenvalue weighted by Gasteiger charge is 2.24. The Balaban J connectivity index is 2.11. The quantitative estimate of drug-likeness (QED) is 0.731. The number of H-pyrrole nitrogens is 1. The number of rotatable bonds is 4. The lowest BCUT2D eigenvalue weighted by Gasteiger charge is -2.11. The molecule has 2 N–H and O–H groups in total. The number of hydrogen-bond acceptors (Lipinski definition) is 3. The Morgan fingerprint density at radius 3 is 2.79 bits per heavy atom. The molecule has 0 spiro atoms. The summed E-state index contributed by atoms with van der Waals surface area (Å²) >= 11 is 5.84. The maximum absolute atomic E-state index is 14.3. The highest BCUT2D eigenvalue weighted by molar-refractivity contribution is 7.93. The van der Waals surface area contributed by atoms with Gasteiger partial charge in [-0.05, 0) is 24.1 Å². The van der Waals surface area contributed by atoms with Crippen molar-refractivity contribution in [3.8, 4) is 0 Å². The summed E-state index contributed by atoms with van der Waals surface area (Å²) in [5.41, 5.74) is -0.209. The van der Waals surface area contributed by atoms with E-state index in [2.05, 4.69) is 9.97 Å². The number of pyridine rings is 1. The van der Waals surface area contributed by atoms with Gasteiger partial charge in [0, 0.05) is 17.8 Å². The third-order valence-electron chi connectivity index (χ3n) is 3.54. The minimum atomic E-state index is -4.24. The summed E-state index contributed by atoms with van der Waals surface area (Å²) in [6.07, 6.45) is 2.84. The number of nitrogens with one attached hydrogen (secondary N) is 2. The van der Waals surface area contributed by atoms with Crippen molar-refractivity contribution in [3.63, 3.8) is 0 Å². The molecule has 5 nitrogen and oxygen atoms in total. The van der Waals surface area contributed by atoms with Crippen molar-refractivity contribution in [1.29, 1.82) is 0 Å². The van der Waals surface area contributed by atoms with Crippen LogP contribution in [-0.2, 0) is 16.4 Å². The molecule has 0 saturated carbocycles. The molecule has 0 unspecified atom stereocenters. The molecule has 0 amide bonds. The maximum Gasteiger partial charge on any atom is 0.264 e. The van der Waals surface area contributed by atoms with E-state index < -0.39 is 27.3 Å². The highest BCUT2D eigenvalue weighted by atomic mass is 35.5. The molecule has 0 atom stereocenters. The molecule has 126 valence electrons. The fourth-order valence-electron chi connectivity index (χ4n) is 2.33. The van der Waals surface area contributed by atoms with Crippen LogP contribution < -0.4 is 4.72 Å². The average Bonchev–Trinajstić information content (AvgIpc) is 2.95. The van der Waals surface area contributed by atoms with Gasteiger partial charge in [0.15, 0.2) is 5.82 Å². The second-order valence-electron chi connectivity index (χ2n) is 5.06. The average molecular weight is 372 g/mol. The second kappa shape index (κ2) is 6.03. The number of hydrogen-bond donors (Lipinski definition) is 2. The van der Waals surface area contributed by atoms with Crippen molar-refractivity contribution in [2.75, 3.05) is 4.72 Å². The standard InChI is InChI=1S/C15H12ClF2N3O2S/c1-2-8-3-4-11(17)14(13(8)18)21-24(22,23)12-7-20-15-10(12)5-9(16)6-19-15/h3-7,21H,2H2,1H3,(H,19,20). The van der Waals surface area contributed by atoms with Crippen molar-refractivity contribution in [3.05, 3.63) is 52.8 Å². The molecule has 0 aliphatic rings. The molecule has 0 aliphatic heterocycles. The Morgan fingerprint density at radius 1 is 1.33 bits per heavy atom. The summed E-state index contributed by atoms with van der Waals surface area (Å²) in [5.74, 6) is -1.93. The minimum absolute atomic E-state index is 0.201. The molecule has 0 saturated heterocycles. The van der Waals surface area contributed by atoms with E-state index in [1.165, 1.54) is 24.5 Å². The van der Waals surface area contributed by atoms with Gasteiger partial charge in [0.2, 0.25) is 0 Å². The van der Waals surface area contributed by atoms with E-state index in [9.17, 15) is 17.2 Å². The number of aromatic amines is 1. The second-order valence-corrected chi connectivity index (χ2v) is 7.14. The Bertz CT molecular complexity index is 1030. The number of sulfonamides is 1. The van der Waals surface area contributed by atoms with Crippen LogP contribution in [0.4, 0.5) is 14.5 Å². The van der Waals surface area contributed by atoms with Crippen molar-refractivity contribution in [2.45, 2.75) is 18.2 Å². The van der Waals surface area contributed by atoms with E-state index in [4.69, 9.17) is 11.6 Å². The number of nitrogens with zero attached hydrogens (tertiary/aromatic N) is 1. The van der Waals surface area contributed by atoms with E-state index >= 15 is 0 Å². The summed E-state index contributed by atoms with van der Waals surface area (Å²) in [7, 11) is -4.24. The first-order valence-electron chi connectivity index (χ1n) is 6.96. The minimum Gasteiger partial charge on any atom is -0.345 e. The molecule has 1 aromatic carbocycles. The van der Waals surface area contributed by atoms with Crippen LogP contribution >= 0.6 is 11.6 Å². The van der Waals surface area contributed by atoms with E-state index in [0.29, 0.717) is 12.1 Å². The molecule has 0 radical (unpaired) electrons. The van der Waals surface area contributed by atoms with Gasteiger partial charge in [-0.2, -0.15) is 0 Å². The van der Waals surface area contributed by atoms with Gasteiger partial charge in [-0.3, -0.25) is 4.72 Å². The lowest BCUT2D eigenvalue weighted by atomic mass is 10.1. The predicted octanol–water partition coefficient (Wildman–Crippen LogP) is 3.86. The molecule has 2 aromatic heterocycles. The van der Waals surface area contributed by atoms with Gasteiger partial charge in [-0.15, -0.1) is 0 Å². The summed E-state index contributed by atoms with van der Waals surface area (Å²) in [4.78, 5) is 6.44. The van der Waals surface area contributed by atoms with Crippen LogP contribution in [0, 0.1) is 11.6 Å². The van der Waals surface area contributed by atoms with Crippen LogP contribution in [0.5, 0.6) is 0 Å².